The summed E-state index contributed by atoms with van der Waals surface area (Å²) in [6.45, 7) is 4.49. The van der Waals surface area contributed by atoms with E-state index in [0.717, 1.165) is 42.7 Å². The molecule has 0 radical (unpaired) electrons. The van der Waals surface area contributed by atoms with E-state index >= 15 is 0 Å². The molecule has 0 aliphatic carbocycles. The summed E-state index contributed by atoms with van der Waals surface area (Å²) in [6.07, 6.45) is 4.85. The quantitative estimate of drug-likeness (QED) is 0.642. The molecule has 0 saturated carbocycles. The molecule has 30 heavy (non-hydrogen) atoms. The number of benzene rings is 2. The Morgan fingerprint density at radius 3 is 2.73 bits per heavy atom. The fourth-order valence-electron chi connectivity index (χ4n) is 3.66. The molecule has 2 aromatic carbocycles. The average molecular weight is 409 g/mol. The van der Waals surface area contributed by atoms with Gasteiger partial charge in [0.25, 0.3) is 0 Å². The van der Waals surface area contributed by atoms with Gasteiger partial charge < -0.3 is 15.4 Å². The van der Waals surface area contributed by atoms with Gasteiger partial charge in [-0.1, -0.05) is 43.7 Å². The normalized spacial score (nSPS) is 16.1. The van der Waals surface area contributed by atoms with E-state index in [4.69, 9.17) is 4.74 Å². The van der Waals surface area contributed by atoms with Gasteiger partial charge in [-0.2, -0.15) is 0 Å². The summed E-state index contributed by atoms with van der Waals surface area (Å²) in [5.41, 5.74) is 3.00. The van der Waals surface area contributed by atoms with Crippen molar-refractivity contribution in [3.63, 3.8) is 0 Å². The molecule has 0 aromatic heterocycles. The first-order valence-corrected chi connectivity index (χ1v) is 10.9. The zero-order chi connectivity index (χ0) is 21.3. The molecule has 2 N–H and O–H groups in total. The van der Waals surface area contributed by atoms with Gasteiger partial charge in [0.1, 0.15) is 12.4 Å². The second-order valence-electron chi connectivity index (χ2n) is 8.12. The van der Waals surface area contributed by atoms with Crippen molar-refractivity contribution in [2.75, 3.05) is 11.9 Å². The van der Waals surface area contributed by atoms with Gasteiger partial charge in [-0.3, -0.25) is 9.59 Å². The molecule has 0 fully saturated rings. The molecule has 1 aliphatic rings. The highest BCUT2D eigenvalue weighted by Gasteiger charge is 2.27. The first kappa shape index (κ1) is 21.9. The maximum atomic E-state index is 12.7. The highest BCUT2D eigenvalue weighted by atomic mass is 16.5. The van der Waals surface area contributed by atoms with Crippen molar-refractivity contribution in [1.29, 1.82) is 0 Å². The van der Waals surface area contributed by atoms with Crippen molar-refractivity contribution < 1.29 is 14.3 Å². The lowest BCUT2D eigenvalue weighted by molar-refractivity contribution is -0.127. The second-order valence-corrected chi connectivity index (χ2v) is 8.12. The van der Waals surface area contributed by atoms with Crippen LogP contribution in [0.3, 0.4) is 0 Å². The second kappa shape index (κ2) is 10.8. The summed E-state index contributed by atoms with van der Waals surface area (Å²) < 4.78 is 5.82. The van der Waals surface area contributed by atoms with Crippen LogP contribution in [0.2, 0.25) is 0 Å². The Hall–Kier alpha value is -2.82. The highest BCUT2D eigenvalue weighted by Crippen LogP contribution is 2.30. The number of hydrogen-bond donors (Lipinski definition) is 2. The van der Waals surface area contributed by atoms with Crippen LogP contribution in [-0.2, 0) is 22.4 Å². The molecule has 0 spiro atoms. The topological polar surface area (TPSA) is 67.4 Å². The summed E-state index contributed by atoms with van der Waals surface area (Å²) in [4.78, 5) is 24.7. The minimum absolute atomic E-state index is 0.0232. The van der Waals surface area contributed by atoms with E-state index in [2.05, 4.69) is 29.7 Å². The lowest BCUT2D eigenvalue weighted by Gasteiger charge is -2.26. The van der Waals surface area contributed by atoms with Crippen LogP contribution >= 0.6 is 0 Å². The van der Waals surface area contributed by atoms with Crippen molar-refractivity contribution in [1.82, 2.24) is 5.32 Å². The van der Waals surface area contributed by atoms with Crippen LogP contribution in [0.4, 0.5) is 5.69 Å². The molecule has 1 aliphatic heterocycles. The Morgan fingerprint density at radius 2 is 1.97 bits per heavy atom. The number of aryl methyl sites for hydroxylation is 1. The molecule has 3 rings (SSSR count). The molecule has 160 valence electrons. The Labute approximate surface area is 179 Å². The van der Waals surface area contributed by atoms with E-state index in [-0.39, 0.29) is 23.8 Å². The van der Waals surface area contributed by atoms with Crippen molar-refractivity contribution >= 4 is 17.5 Å². The summed E-state index contributed by atoms with van der Waals surface area (Å²) in [7, 11) is 0. The van der Waals surface area contributed by atoms with Crippen molar-refractivity contribution in [2.24, 2.45) is 5.92 Å². The number of ether oxygens (including phenoxy) is 1. The van der Waals surface area contributed by atoms with Gasteiger partial charge in [-0.15, -0.1) is 0 Å². The monoisotopic (exact) mass is 408 g/mol. The fraction of sp³-hybridized carbons (Fsp3) is 0.440. The van der Waals surface area contributed by atoms with Crippen LogP contribution in [-0.4, -0.2) is 24.5 Å². The Balaban J connectivity index is 1.52. The molecule has 0 unspecified atom stereocenters. The molecule has 5 nitrogen and oxygen atoms in total. The Bertz CT molecular complexity index is 851. The zero-order valence-corrected chi connectivity index (χ0v) is 17.9. The minimum Gasteiger partial charge on any atom is -0.492 e. The highest BCUT2D eigenvalue weighted by molar-refractivity contribution is 5.91. The maximum absolute atomic E-state index is 12.7. The largest absolute Gasteiger partial charge is 0.492 e. The third-order valence-corrected chi connectivity index (χ3v) is 5.48. The molecule has 2 aromatic rings. The lowest BCUT2D eigenvalue weighted by Crippen LogP contribution is -2.41. The Kier molecular flexibility index (Phi) is 7.89. The smallest absolute Gasteiger partial charge is 0.227 e. The van der Waals surface area contributed by atoms with Crippen LogP contribution in [0.5, 0.6) is 5.75 Å². The van der Waals surface area contributed by atoms with Gasteiger partial charge in [0.05, 0.1) is 5.92 Å². The number of hydrogen-bond acceptors (Lipinski definition) is 3. The molecule has 0 bridgehead atoms. The van der Waals surface area contributed by atoms with E-state index in [1.54, 1.807) is 0 Å². The summed E-state index contributed by atoms with van der Waals surface area (Å²) in [5.74, 6) is 0.624. The molecule has 2 atom stereocenters. The number of nitrogens with one attached hydrogen (secondary N) is 2. The third-order valence-electron chi connectivity index (χ3n) is 5.48. The number of carbonyl (C=O) groups excluding carboxylic acids is 2. The number of carbonyl (C=O) groups is 2. The first-order valence-electron chi connectivity index (χ1n) is 10.9. The first-order chi connectivity index (χ1) is 14.5. The number of rotatable bonds is 9. The van der Waals surface area contributed by atoms with Crippen molar-refractivity contribution in [3.8, 4) is 5.75 Å². The molecular formula is C25H32N2O3. The van der Waals surface area contributed by atoms with Crippen LogP contribution in [0.15, 0.2) is 48.5 Å². The van der Waals surface area contributed by atoms with Crippen molar-refractivity contribution in [2.45, 2.75) is 58.4 Å². The summed E-state index contributed by atoms with van der Waals surface area (Å²) >= 11 is 0. The molecule has 2 amide bonds. The zero-order valence-electron chi connectivity index (χ0n) is 17.9. The van der Waals surface area contributed by atoms with Crippen LogP contribution < -0.4 is 15.4 Å². The summed E-state index contributed by atoms with van der Waals surface area (Å²) in [6, 6.07) is 16.1. The summed E-state index contributed by atoms with van der Waals surface area (Å²) in [5, 5.41) is 6.07. The van der Waals surface area contributed by atoms with Crippen LogP contribution in [0.25, 0.3) is 0 Å². The van der Waals surface area contributed by atoms with Gasteiger partial charge in [-0.25, -0.2) is 0 Å². The van der Waals surface area contributed by atoms with Gasteiger partial charge in [0.15, 0.2) is 0 Å². The van der Waals surface area contributed by atoms with Gasteiger partial charge >= 0.3 is 0 Å². The SMILES string of the molecule is CCCCC(=O)Nc1ccc2c(c1)C[C@H](C(=O)N[C@H](C)CCc1ccccc1)CO2. The van der Waals surface area contributed by atoms with E-state index in [1.807, 2.05) is 43.3 Å². The van der Waals surface area contributed by atoms with Gasteiger partial charge in [0.2, 0.25) is 11.8 Å². The fourth-order valence-corrected chi connectivity index (χ4v) is 3.66. The molecule has 5 heteroatoms. The number of fused-ring (bicyclic) bond motifs is 1. The molecular weight excluding hydrogens is 376 g/mol. The number of anilines is 1. The minimum atomic E-state index is -0.220. The van der Waals surface area contributed by atoms with Crippen LogP contribution in [0.1, 0.15) is 50.7 Å². The number of amides is 2. The predicted molar refractivity (Wildman–Crippen MR) is 120 cm³/mol. The van der Waals surface area contributed by atoms with E-state index in [9.17, 15) is 9.59 Å². The van der Waals surface area contributed by atoms with E-state index in [0.29, 0.717) is 19.4 Å². The van der Waals surface area contributed by atoms with Crippen molar-refractivity contribution in [3.05, 3.63) is 59.7 Å². The van der Waals surface area contributed by atoms with Gasteiger partial charge in [0, 0.05) is 18.2 Å². The Morgan fingerprint density at radius 1 is 1.17 bits per heavy atom. The number of unbranched alkanes of at least 4 members (excludes halogenated alkanes) is 1. The molecule has 1 heterocycles. The van der Waals surface area contributed by atoms with E-state index < -0.39 is 0 Å². The third kappa shape index (κ3) is 6.34. The van der Waals surface area contributed by atoms with Gasteiger partial charge in [-0.05, 0) is 61.9 Å². The lowest BCUT2D eigenvalue weighted by atomic mass is 9.95. The maximum Gasteiger partial charge on any atom is 0.227 e. The van der Waals surface area contributed by atoms with E-state index in [1.165, 1.54) is 5.56 Å². The standard InChI is InChI=1S/C25H32N2O3/c1-3-4-10-24(28)27-22-13-14-23-20(16-22)15-21(17-30-23)25(29)26-18(2)11-12-19-8-6-5-7-9-19/h5-9,13-14,16,18,21H,3-4,10-12,15,17H2,1-2H3,(H,26,29)(H,27,28)/t18-,21+/m1/s1. The molecule has 0 saturated heterocycles. The predicted octanol–water partition coefficient (Wildman–Crippen LogP) is 4.50. The van der Waals surface area contributed by atoms with Crippen LogP contribution in [0, 0.1) is 5.92 Å². The average Bonchev–Trinajstić information content (AvgIpc) is 2.76.